The minimum absolute atomic E-state index is 0.822. The molecule has 0 saturated carbocycles. The molecule has 2 rings (SSSR count). The van der Waals surface area contributed by atoms with Crippen LogP contribution in [0, 0.1) is 5.92 Å². The predicted octanol–water partition coefficient (Wildman–Crippen LogP) is 4.01. The molecule has 13 heavy (non-hydrogen) atoms. The molecule has 0 N–H and O–H groups in total. The highest BCUT2D eigenvalue weighted by atomic mass is 14.1. The van der Waals surface area contributed by atoms with E-state index in [9.17, 15) is 0 Å². The first-order chi connectivity index (χ1) is 6.45. The zero-order valence-electron chi connectivity index (χ0n) is 8.21. The van der Waals surface area contributed by atoms with E-state index in [1.807, 2.05) is 0 Å². The number of allylic oxidation sites excluding steroid dienone is 6. The lowest BCUT2D eigenvalue weighted by atomic mass is 9.88. The lowest BCUT2D eigenvalue weighted by Crippen LogP contribution is -2.02. The molecular formula is C13H18. The van der Waals surface area contributed by atoms with Gasteiger partial charge >= 0.3 is 0 Å². The van der Waals surface area contributed by atoms with Gasteiger partial charge in [-0.15, -0.1) is 0 Å². The first-order valence-corrected chi connectivity index (χ1v) is 5.47. The standard InChI is InChI=1S/C13H18/c1-3-7-12(8-4-1)11-13-9-5-2-6-10-13/h3,5,7-9,13H,1-2,4,6,10-11H2. The molecule has 70 valence electrons. The minimum Gasteiger partial charge on any atom is -0.0882 e. The van der Waals surface area contributed by atoms with Crippen LogP contribution in [-0.2, 0) is 0 Å². The van der Waals surface area contributed by atoms with Crippen LogP contribution in [0.4, 0.5) is 0 Å². The molecule has 0 fully saturated rings. The van der Waals surface area contributed by atoms with Crippen LogP contribution in [0.2, 0.25) is 0 Å². The minimum atomic E-state index is 0.822. The fraction of sp³-hybridized carbons (Fsp3) is 0.538. The third-order valence-electron chi connectivity index (χ3n) is 2.92. The Morgan fingerprint density at radius 2 is 2.15 bits per heavy atom. The van der Waals surface area contributed by atoms with Crippen molar-refractivity contribution in [2.75, 3.05) is 0 Å². The average Bonchev–Trinajstić information content (AvgIpc) is 2.21. The molecule has 0 aliphatic heterocycles. The Hall–Kier alpha value is -0.780. The van der Waals surface area contributed by atoms with E-state index < -0.39 is 0 Å². The normalized spacial score (nSPS) is 27.4. The summed E-state index contributed by atoms with van der Waals surface area (Å²) in [6.45, 7) is 0. The van der Waals surface area contributed by atoms with Crippen molar-refractivity contribution in [2.45, 2.75) is 38.5 Å². The molecule has 0 heterocycles. The molecule has 0 nitrogen and oxygen atoms in total. The van der Waals surface area contributed by atoms with E-state index in [1.165, 1.54) is 38.5 Å². The molecule has 0 heteroatoms. The molecule has 2 aliphatic carbocycles. The lowest BCUT2D eigenvalue weighted by Gasteiger charge is -2.17. The maximum absolute atomic E-state index is 2.41. The van der Waals surface area contributed by atoms with Gasteiger partial charge in [-0.1, -0.05) is 36.0 Å². The Kier molecular flexibility index (Phi) is 3.02. The van der Waals surface area contributed by atoms with Gasteiger partial charge < -0.3 is 0 Å². The van der Waals surface area contributed by atoms with Gasteiger partial charge in [-0.3, -0.25) is 0 Å². The van der Waals surface area contributed by atoms with Crippen molar-refractivity contribution in [1.29, 1.82) is 0 Å². The van der Waals surface area contributed by atoms with Crippen LogP contribution in [0.5, 0.6) is 0 Å². The first-order valence-electron chi connectivity index (χ1n) is 5.47. The van der Waals surface area contributed by atoms with Crippen LogP contribution in [0.25, 0.3) is 0 Å². The Balaban J connectivity index is 1.89. The monoisotopic (exact) mass is 174 g/mol. The van der Waals surface area contributed by atoms with Crippen LogP contribution in [0.3, 0.4) is 0 Å². The smallest absolute Gasteiger partial charge is 0.0193 e. The Bertz CT molecular complexity index is 243. The molecule has 0 saturated heterocycles. The van der Waals surface area contributed by atoms with Gasteiger partial charge in [-0.25, -0.2) is 0 Å². The second kappa shape index (κ2) is 4.45. The summed E-state index contributed by atoms with van der Waals surface area (Å²) in [6, 6.07) is 0. The van der Waals surface area contributed by atoms with Crippen molar-refractivity contribution in [3.8, 4) is 0 Å². The van der Waals surface area contributed by atoms with E-state index in [-0.39, 0.29) is 0 Å². The van der Waals surface area contributed by atoms with E-state index in [2.05, 4.69) is 30.4 Å². The highest BCUT2D eigenvalue weighted by Crippen LogP contribution is 2.25. The van der Waals surface area contributed by atoms with Gasteiger partial charge in [-0.2, -0.15) is 0 Å². The average molecular weight is 174 g/mol. The van der Waals surface area contributed by atoms with E-state index in [4.69, 9.17) is 0 Å². The van der Waals surface area contributed by atoms with Gasteiger partial charge in [0.05, 0.1) is 0 Å². The number of rotatable bonds is 2. The van der Waals surface area contributed by atoms with Gasteiger partial charge in [0.2, 0.25) is 0 Å². The Morgan fingerprint density at radius 1 is 1.15 bits per heavy atom. The van der Waals surface area contributed by atoms with Crippen LogP contribution in [-0.4, -0.2) is 0 Å². The molecule has 1 unspecified atom stereocenters. The van der Waals surface area contributed by atoms with Crippen molar-refractivity contribution >= 4 is 0 Å². The summed E-state index contributed by atoms with van der Waals surface area (Å²) in [5, 5.41) is 0. The zero-order valence-corrected chi connectivity index (χ0v) is 8.21. The summed E-state index contributed by atoms with van der Waals surface area (Å²) >= 11 is 0. The quantitative estimate of drug-likeness (QED) is 0.555. The predicted molar refractivity (Wildman–Crippen MR) is 57.6 cm³/mol. The van der Waals surface area contributed by atoms with Crippen molar-refractivity contribution in [3.63, 3.8) is 0 Å². The van der Waals surface area contributed by atoms with E-state index >= 15 is 0 Å². The van der Waals surface area contributed by atoms with Gasteiger partial charge in [0.1, 0.15) is 0 Å². The van der Waals surface area contributed by atoms with Crippen LogP contribution in [0.15, 0.2) is 36.0 Å². The van der Waals surface area contributed by atoms with Crippen LogP contribution < -0.4 is 0 Å². The van der Waals surface area contributed by atoms with E-state index in [0.29, 0.717) is 0 Å². The van der Waals surface area contributed by atoms with Crippen molar-refractivity contribution < 1.29 is 0 Å². The van der Waals surface area contributed by atoms with Gasteiger partial charge in [0.25, 0.3) is 0 Å². The number of hydrogen-bond donors (Lipinski definition) is 0. The molecule has 0 bridgehead atoms. The molecule has 0 spiro atoms. The third kappa shape index (κ3) is 2.58. The van der Waals surface area contributed by atoms with E-state index in [1.54, 1.807) is 5.57 Å². The fourth-order valence-electron chi connectivity index (χ4n) is 2.17. The first kappa shape index (κ1) is 8.80. The van der Waals surface area contributed by atoms with E-state index in [0.717, 1.165) is 5.92 Å². The van der Waals surface area contributed by atoms with Crippen LogP contribution in [0.1, 0.15) is 38.5 Å². The molecule has 0 amide bonds. The number of hydrogen-bond acceptors (Lipinski definition) is 0. The van der Waals surface area contributed by atoms with Gasteiger partial charge in [-0.05, 0) is 44.4 Å². The molecular weight excluding hydrogens is 156 g/mol. The van der Waals surface area contributed by atoms with Gasteiger partial charge in [0, 0.05) is 0 Å². The second-order valence-corrected chi connectivity index (χ2v) is 4.08. The third-order valence-corrected chi connectivity index (χ3v) is 2.92. The molecule has 0 aromatic rings. The molecule has 0 aromatic carbocycles. The molecule has 0 aromatic heterocycles. The van der Waals surface area contributed by atoms with Gasteiger partial charge in [0.15, 0.2) is 0 Å². The topological polar surface area (TPSA) is 0 Å². The second-order valence-electron chi connectivity index (χ2n) is 4.08. The molecule has 2 aliphatic rings. The highest BCUT2D eigenvalue weighted by molar-refractivity contribution is 5.23. The molecule has 1 atom stereocenters. The Labute approximate surface area is 81.0 Å². The summed E-state index contributed by atoms with van der Waals surface area (Å²) in [6.07, 6.45) is 19.6. The summed E-state index contributed by atoms with van der Waals surface area (Å²) < 4.78 is 0. The summed E-state index contributed by atoms with van der Waals surface area (Å²) in [4.78, 5) is 0. The highest BCUT2D eigenvalue weighted by Gasteiger charge is 2.09. The SMILES string of the molecule is C1=CC(CC2C=CCCC2)=CCC1. The lowest BCUT2D eigenvalue weighted by molar-refractivity contribution is 0.539. The fourth-order valence-corrected chi connectivity index (χ4v) is 2.17. The summed E-state index contributed by atoms with van der Waals surface area (Å²) in [7, 11) is 0. The summed E-state index contributed by atoms with van der Waals surface area (Å²) in [5.41, 5.74) is 1.56. The Morgan fingerprint density at radius 3 is 2.85 bits per heavy atom. The van der Waals surface area contributed by atoms with Crippen molar-refractivity contribution in [1.82, 2.24) is 0 Å². The largest absolute Gasteiger partial charge is 0.0882 e. The maximum atomic E-state index is 2.41. The molecule has 0 radical (unpaired) electrons. The zero-order chi connectivity index (χ0) is 8.93. The van der Waals surface area contributed by atoms with Crippen molar-refractivity contribution in [2.24, 2.45) is 5.92 Å². The van der Waals surface area contributed by atoms with Crippen LogP contribution >= 0.6 is 0 Å². The van der Waals surface area contributed by atoms with Crippen molar-refractivity contribution in [3.05, 3.63) is 36.0 Å². The summed E-state index contributed by atoms with van der Waals surface area (Å²) in [5.74, 6) is 0.822. The maximum Gasteiger partial charge on any atom is -0.0193 e.